The minimum Gasteiger partial charge on any atom is -0.392 e. The van der Waals surface area contributed by atoms with Gasteiger partial charge in [-0.2, -0.15) is 0 Å². The Balaban J connectivity index is 2.43. The van der Waals surface area contributed by atoms with Crippen LogP contribution in [0.2, 0.25) is 0 Å². The van der Waals surface area contributed by atoms with Crippen molar-refractivity contribution in [1.82, 2.24) is 0 Å². The second-order valence-electron chi connectivity index (χ2n) is 4.83. The highest BCUT2D eigenvalue weighted by Crippen LogP contribution is 2.29. The molecule has 0 unspecified atom stereocenters. The molecule has 1 nitrogen and oxygen atoms in total. The van der Waals surface area contributed by atoms with Crippen LogP contribution in [0.4, 0.5) is 0 Å². The van der Waals surface area contributed by atoms with E-state index in [-0.39, 0.29) is 6.61 Å². The monoisotopic (exact) mass is 208 g/mol. The smallest absolute Gasteiger partial charge is 0.0641 e. The average molecular weight is 208 g/mol. The average Bonchev–Trinajstić information content (AvgIpc) is 2.26. The van der Waals surface area contributed by atoms with Gasteiger partial charge in [-0.05, 0) is 64.4 Å². The molecule has 0 saturated heterocycles. The van der Waals surface area contributed by atoms with E-state index in [2.05, 4.69) is 19.9 Å². The Kier molecular flexibility index (Phi) is 5.10. The third kappa shape index (κ3) is 3.83. The highest BCUT2D eigenvalue weighted by Gasteiger charge is 2.14. The second-order valence-corrected chi connectivity index (χ2v) is 4.83. The van der Waals surface area contributed by atoms with Crippen LogP contribution in [0.5, 0.6) is 0 Å². The van der Waals surface area contributed by atoms with Gasteiger partial charge in [-0.3, -0.25) is 0 Å². The molecule has 0 bridgehead atoms. The molecule has 1 aliphatic rings. The summed E-state index contributed by atoms with van der Waals surface area (Å²) in [6.07, 6.45) is 8.77. The van der Waals surface area contributed by atoms with Crippen LogP contribution in [0, 0.1) is 5.92 Å². The van der Waals surface area contributed by atoms with Crippen molar-refractivity contribution in [3.8, 4) is 0 Å². The Morgan fingerprint density at radius 1 is 1.40 bits per heavy atom. The topological polar surface area (TPSA) is 20.2 Å². The lowest BCUT2D eigenvalue weighted by Crippen LogP contribution is -2.07. The van der Waals surface area contributed by atoms with Gasteiger partial charge in [0.2, 0.25) is 0 Å². The molecule has 1 N–H and O–H groups in total. The molecular weight excluding hydrogens is 184 g/mol. The summed E-state index contributed by atoms with van der Waals surface area (Å²) in [5.74, 6) is 0.792. The van der Waals surface area contributed by atoms with E-state index >= 15 is 0 Å². The molecule has 0 radical (unpaired) electrons. The van der Waals surface area contributed by atoms with E-state index in [1.807, 2.05) is 6.92 Å². The van der Waals surface area contributed by atoms with Crippen molar-refractivity contribution in [2.45, 2.75) is 52.9 Å². The number of aliphatic hydroxyl groups excluding tert-OH is 1. The highest BCUT2D eigenvalue weighted by molar-refractivity contribution is 5.12. The van der Waals surface area contributed by atoms with Crippen molar-refractivity contribution in [2.24, 2.45) is 5.92 Å². The molecule has 1 rings (SSSR count). The number of hydrogen-bond acceptors (Lipinski definition) is 1. The molecule has 1 heteroatoms. The molecule has 0 aromatic carbocycles. The Morgan fingerprint density at radius 3 is 2.73 bits per heavy atom. The molecule has 0 aromatic heterocycles. The molecule has 0 heterocycles. The molecule has 0 spiro atoms. The first kappa shape index (κ1) is 12.5. The maximum atomic E-state index is 9.02. The summed E-state index contributed by atoms with van der Waals surface area (Å²) >= 11 is 0. The summed E-state index contributed by atoms with van der Waals surface area (Å²) in [4.78, 5) is 0. The SMILES string of the molecule is CC1=CCCC[C@@H]1CC/C(C)=C(/C)CO. The Bertz CT molecular complexity index is 261. The highest BCUT2D eigenvalue weighted by atomic mass is 16.3. The first-order valence-corrected chi connectivity index (χ1v) is 6.08. The molecular formula is C14H24O. The fourth-order valence-corrected chi connectivity index (χ4v) is 2.20. The van der Waals surface area contributed by atoms with Crippen molar-refractivity contribution in [3.05, 3.63) is 22.8 Å². The molecule has 0 saturated carbocycles. The molecule has 1 aliphatic carbocycles. The van der Waals surface area contributed by atoms with Gasteiger partial charge in [0.15, 0.2) is 0 Å². The zero-order chi connectivity index (χ0) is 11.3. The van der Waals surface area contributed by atoms with Gasteiger partial charge < -0.3 is 5.11 Å². The lowest BCUT2D eigenvalue weighted by molar-refractivity contribution is 0.329. The number of allylic oxidation sites excluding steroid dienone is 3. The Hall–Kier alpha value is -0.560. The third-order valence-electron chi connectivity index (χ3n) is 3.70. The summed E-state index contributed by atoms with van der Waals surface area (Å²) in [6, 6.07) is 0. The van der Waals surface area contributed by atoms with Gasteiger partial charge in [0.1, 0.15) is 0 Å². The van der Waals surface area contributed by atoms with Crippen LogP contribution < -0.4 is 0 Å². The fraction of sp³-hybridized carbons (Fsp3) is 0.714. The molecule has 15 heavy (non-hydrogen) atoms. The summed E-state index contributed by atoms with van der Waals surface area (Å²) in [5, 5.41) is 9.02. The van der Waals surface area contributed by atoms with Crippen molar-refractivity contribution in [2.75, 3.05) is 6.61 Å². The van der Waals surface area contributed by atoms with Gasteiger partial charge in [0.25, 0.3) is 0 Å². The number of hydrogen-bond donors (Lipinski definition) is 1. The minimum absolute atomic E-state index is 0.214. The predicted octanol–water partition coefficient (Wildman–Crippen LogP) is 3.84. The normalized spacial score (nSPS) is 23.5. The molecule has 0 aliphatic heterocycles. The number of aliphatic hydroxyl groups is 1. The fourth-order valence-electron chi connectivity index (χ4n) is 2.20. The van der Waals surface area contributed by atoms with Crippen molar-refractivity contribution in [1.29, 1.82) is 0 Å². The van der Waals surface area contributed by atoms with Gasteiger partial charge in [-0.25, -0.2) is 0 Å². The van der Waals surface area contributed by atoms with Crippen LogP contribution in [0.3, 0.4) is 0 Å². The summed E-state index contributed by atoms with van der Waals surface area (Å²) in [5.41, 5.74) is 4.10. The largest absolute Gasteiger partial charge is 0.392 e. The summed E-state index contributed by atoms with van der Waals surface area (Å²) in [7, 11) is 0. The van der Waals surface area contributed by atoms with Gasteiger partial charge in [0.05, 0.1) is 6.61 Å². The maximum Gasteiger partial charge on any atom is 0.0641 e. The van der Waals surface area contributed by atoms with Crippen LogP contribution in [-0.4, -0.2) is 11.7 Å². The van der Waals surface area contributed by atoms with Crippen LogP contribution in [0.25, 0.3) is 0 Å². The van der Waals surface area contributed by atoms with Crippen LogP contribution in [0.1, 0.15) is 52.9 Å². The van der Waals surface area contributed by atoms with E-state index in [1.165, 1.54) is 31.3 Å². The predicted molar refractivity (Wildman–Crippen MR) is 65.8 cm³/mol. The standard InChI is InChI=1S/C14H24O/c1-11(13(3)10-15)8-9-14-7-5-4-6-12(14)2/h6,14-15H,4-5,7-10H2,1-3H3/b13-11-/t14-/m1/s1. The summed E-state index contributed by atoms with van der Waals surface area (Å²) in [6.45, 7) is 6.65. The number of rotatable bonds is 4. The lowest BCUT2D eigenvalue weighted by atomic mass is 9.84. The van der Waals surface area contributed by atoms with Crippen LogP contribution >= 0.6 is 0 Å². The molecule has 0 aromatic rings. The maximum absolute atomic E-state index is 9.02. The quantitative estimate of drug-likeness (QED) is 0.696. The van der Waals surface area contributed by atoms with Crippen LogP contribution in [-0.2, 0) is 0 Å². The Labute approximate surface area is 93.9 Å². The first-order chi connectivity index (χ1) is 7.15. The van der Waals surface area contributed by atoms with Gasteiger partial charge in [-0.1, -0.05) is 17.2 Å². The summed E-state index contributed by atoms with van der Waals surface area (Å²) < 4.78 is 0. The molecule has 1 atom stereocenters. The Morgan fingerprint density at radius 2 is 2.13 bits per heavy atom. The van der Waals surface area contributed by atoms with Crippen molar-refractivity contribution < 1.29 is 5.11 Å². The minimum atomic E-state index is 0.214. The second kappa shape index (κ2) is 6.12. The van der Waals surface area contributed by atoms with Crippen LogP contribution in [0.15, 0.2) is 22.8 Å². The van der Waals surface area contributed by atoms with Crippen molar-refractivity contribution in [3.63, 3.8) is 0 Å². The van der Waals surface area contributed by atoms with E-state index in [4.69, 9.17) is 5.11 Å². The van der Waals surface area contributed by atoms with E-state index in [0.29, 0.717) is 0 Å². The van der Waals surface area contributed by atoms with Gasteiger partial charge in [-0.15, -0.1) is 0 Å². The van der Waals surface area contributed by atoms with Gasteiger partial charge in [0, 0.05) is 0 Å². The van der Waals surface area contributed by atoms with E-state index in [9.17, 15) is 0 Å². The van der Waals surface area contributed by atoms with E-state index < -0.39 is 0 Å². The first-order valence-electron chi connectivity index (χ1n) is 6.08. The van der Waals surface area contributed by atoms with Crippen molar-refractivity contribution >= 4 is 0 Å². The van der Waals surface area contributed by atoms with Gasteiger partial charge >= 0.3 is 0 Å². The van der Waals surface area contributed by atoms with E-state index in [1.54, 1.807) is 5.57 Å². The molecule has 0 amide bonds. The third-order valence-corrected chi connectivity index (χ3v) is 3.70. The molecule has 86 valence electrons. The zero-order valence-corrected chi connectivity index (χ0v) is 10.3. The lowest BCUT2D eigenvalue weighted by Gasteiger charge is -2.22. The van der Waals surface area contributed by atoms with E-state index in [0.717, 1.165) is 17.9 Å². The molecule has 0 fully saturated rings. The zero-order valence-electron chi connectivity index (χ0n) is 10.3.